The number of anilines is 1. The molecule has 0 atom stereocenters. The summed E-state index contributed by atoms with van der Waals surface area (Å²) in [5.74, 6) is 0.810. The summed E-state index contributed by atoms with van der Waals surface area (Å²) in [5.41, 5.74) is 7.11. The molecule has 2 aromatic carbocycles. The summed E-state index contributed by atoms with van der Waals surface area (Å²) in [6.07, 6.45) is 2.80. The van der Waals surface area contributed by atoms with Gasteiger partial charge in [0.05, 0.1) is 35.0 Å². The molecule has 0 saturated heterocycles. The number of carbonyl (C=O) groups is 1. The van der Waals surface area contributed by atoms with Gasteiger partial charge >= 0.3 is 0 Å². The second-order valence-corrected chi connectivity index (χ2v) is 7.36. The van der Waals surface area contributed by atoms with Gasteiger partial charge < -0.3 is 25.6 Å². The minimum absolute atomic E-state index is 0.223. The highest BCUT2D eigenvalue weighted by atomic mass is 35.5. The van der Waals surface area contributed by atoms with Crippen molar-refractivity contribution in [3.05, 3.63) is 53.2 Å². The van der Waals surface area contributed by atoms with Gasteiger partial charge in [-0.05, 0) is 37.1 Å². The fourth-order valence-corrected chi connectivity index (χ4v) is 3.55. The third-order valence-electron chi connectivity index (χ3n) is 4.93. The maximum Gasteiger partial charge on any atom is 0.252 e. The first-order valence-electron chi connectivity index (χ1n) is 9.13. The maximum absolute atomic E-state index is 11.8. The number of amides is 1. The van der Waals surface area contributed by atoms with Crippen molar-refractivity contribution in [1.82, 2.24) is 4.98 Å². The normalized spacial score (nSPS) is 18.2. The third kappa shape index (κ3) is 3.92. The van der Waals surface area contributed by atoms with Crippen LogP contribution in [0.3, 0.4) is 0 Å². The molecule has 150 valence electrons. The second kappa shape index (κ2) is 7.77. The van der Waals surface area contributed by atoms with Gasteiger partial charge in [0.15, 0.2) is 0 Å². The molecule has 0 aliphatic heterocycles. The lowest BCUT2D eigenvalue weighted by Gasteiger charge is -2.33. The van der Waals surface area contributed by atoms with Crippen LogP contribution in [0.5, 0.6) is 17.2 Å². The van der Waals surface area contributed by atoms with Gasteiger partial charge in [-0.15, -0.1) is 0 Å². The van der Waals surface area contributed by atoms with Crippen LogP contribution < -0.4 is 20.5 Å². The van der Waals surface area contributed by atoms with Crippen LogP contribution >= 0.6 is 11.6 Å². The predicted octanol–water partition coefficient (Wildman–Crippen LogP) is 3.72. The maximum atomic E-state index is 11.8. The number of hydrogen-bond donors (Lipinski definition) is 3. The predicted molar refractivity (Wildman–Crippen MR) is 111 cm³/mol. The number of primary amides is 1. The number of carbonyl (C=O) groups excluding carboxylic acids is 1. The molecule has 1 saturated carbocycles. The number of halogens is 1. The van der Waals surface area contributed by atoms with E-state index in [1.54, 1.807) is 36.5 Å². The van der Waals surface area contributed by atoms with E-state index in [1.165, 1.54) is 7.11 Å². The molecule has 0 unspecified atom stereocenters. The molecule has 8 heteroatoms. The minimum atomic E-state index is -0.599. The molecular weight excluding hydrogens is 394 g/mol. The van der Waals surface area contributed by atoms with Crippen molar-refractivity contribution in [2.45, 2.75) is 25.0 Å². The minimum Gasteiger partial charge on any atom is -0.496 e. The lowest BCUT2D eigenvalue weighted by Crippen LogP contribution is -2.38. The fraction of sp³-hybridized carbons (Fsp3) is 0.238. The molecule has 29 heavy (non-hydrogen) atoms. The van der Waals surface area contributed by atoms with Crippen molar-refractivity contribution in [2.75, 3.05) is 12.4 Å². The lowest BCUT2D eigenvalue weighted by molar-refractivity contribution is 0.0836. The average Bonchev–Trinajstić information content (AvgIpc) is 2.67. The first-order chi connectivity index (χ1) is 13.9. The zero-order valence-corrected chi connectivity index (χ0v) is 16.4. The molecule has 4 N–H and O–H groups in total. The third-order valence-corrected chi connectivity index (χ3v) is 5.24. The number of methoxy groups -OCH3 is 1. The Hall–Kier alpha value is -3.03. The zero-order chi connectivity index (χ0) is 20.5. The number of ether oxygens (including phenoxy) is 2. The van der Waals surface area contributed by atoms with E-state index in [2.05, 4.69) is 10.3 Å². The summed E-state index contributed by atoms with van der Waals surface area (Å²) in [5, 5.41) is 13.9. The van der Waals surface area contributed by atoms with Crippen LogP contribution in [-0.2, 0) is 0 Å². The summed E-state index contributed by atoms with van der Waals surface area (Å²) in [6.45, 7) is 0. The van der Waals surface area contributed by atoms with Crippen LogP contribution in [0.1, 0.15) is 23.2 Å². The van der Waals surface area contributed by atoms with E-state index in [4.69, 9.17) is 26.8 Å². The van der Waals surface area contributed by atoms with E-state index in [9.17, 15) is 9.90 Å². The van der Waals surface area contributed by atoms with E-state index in [0.717, 1.165) is 5.69 Å². The van der Waals surface area contributed by atoms with Crippen molar-refractivity contribution in [1.29, 1.82) is 0 Å². The van der Waals surface area contributed by atoms with Gasteiger partial charge in [-0.2, -0.15) is 0 Å². The smallest absolute Gasteiger partial charge is 0.252 e. The molecule has 1 amide bonds. The van der Waals surface area contributed by atoms with E-state index < -0.39 is 5.91 Å². The lowest BCUT2D eigenvalue weighted by atomic mass is 9.89. The first kappa shape index (κ1) is 19.3. The van der Waals surface area contributed by atoms with E-state index in [1.807, 2.05) is 6.07 Å². The van der Waals surface area contributed by atoms with Crippen LogP contribution in [-0.4, -0.2) is 35.3 Å². The molecule has 1 aliphatic rings. The van der Waals surface area contributed by atoms with Gasteiger partial charge in [0.2, 0.25) is 0 Å². The van der Waals surface area contributed by atoms with Crippen LogP contribution in [0.25, 0.3) is 10.9 Å². The summed E-state index contributed by atoms with van der Waals surface area (Å²) < 4.78 is 11.2. The van der Waals surface area contributed by atoms with E-state index >= 15 is 0 Å². The second-order valence-electron chi connectivity index (χ2n) is 6.95. The number of nitrogens with two attached hydrogens (primary N) is 1. The van der Waals surface area contributed by atoms with Crippen molar-refractivity contribution < 1.29 is 19.4 Å². The molecule has 1 fully saturated rings. The highest BCUT2D eigenvalue weighted by Gasteiger charge is 2.27. The quantitative estimate of drug-likeness (QED) is 0.568. The van der Waals surface area contributed by atoms with Gasteiger partial charge in [0.1, 0.15) is 17.2 Å². The molecule has 1 aliphatic carbocycles. The Morgan fingerprint density at radius 2 is 2.03 bits per heavy atom. The van der Waals surface area contributed by atoms with Crippen molar-refractivity contribution >= 4 is 34.1 Å². The van der Waals surface area contributed by atoms with Crippen LogP contribution in [0.4, 0.5) is 5.69 Å². The van der Waals surface area contributed by atoms with E-state index in [0.29, 0.717) is 46.0 Å². The number of nitrogens with zero attached hydrogens (tertiary/aromatic N) is 1. The summed E-state index contributed by atoms with van der Waals surface area (Å²) >= 11 is 6.39. The number of pyridine rings is 1. The van der Waals surface area contributed by atoms with Crippen molar-refractivity contribution in [3.8, 4) is 17.2 Å². The van der Waals surface area contributed by atoms with Gasteiger partial charge in [-0.1, -0.05) is 11.6 Å². The summed E-state index contributed by atoms with van der Waals surface area (Å²) in [4.78, 5) is 16.1. The molecule has 0 spiro atoms. The number of benzene rings is 2. The van der Waals surface area contributed by atoms with Gasteiger partial charge in [0, 0.05) is 29.8 Å². The Morgan fingerprint density at radius 1 is 1.24 bits per heavy atom. The Balaban J connectivity index is 1.62. The van der Waals surface area contributed by atoms with E-state index in [-0.39, 0.29) is 17.7 Å². The number of aliphatic hydroxyl groups excluding tert-OH is 1. The number of hydrogen-bond acceptors (Lipinski definition) is 6. The topological polar surface area (TPSA) is 107 Å². The summed E-state index contributed by atoms with van der Waals surface area (Å²) in [6, 6.07) is 10.5. The Bertz CT molecular complexity index is 1080. The number of rotatable bonds is 6. The SMILES string of the molecule is COc1cc2nccc(Oc3ccc(NC4CC(O)C4)c(Cl)c3)c2cc1C(N)=O. The number of nitrogens with one attached hydrogen (secondary N) is 1. The van der Waals surface area contributed by atoms with Crippen LogP contribution in [0.15, 0.2) is 42.6 Å². The van der Waals surface area contributed by atoms with Crippen LogP contribution in [0.2, 0.25) is 5.02 Å². The highest BCUT2D eigenvalue weighted by molar-refractivity contribution is 6.33. The standard InChI is InChI=1S/C21H20ClN3O4/c1-28-20-10-18-14(9-15(20)21(23)27)19(4-5-24-18)29-13-2-3-17(16(22)8-13)25-11-6-12(26)7-11/h2-5,8-12,25-26H,6-7H2,1H3,(H2,23,27). The first-order valence-corrected chi connectivity index (χ1v) is 9.51. The zero-order valence-electron chi connectivity index (χ0n) is 15.7. The molecular formula is C21H20ClN3O4. The van der Waals surface area contributed by atoms with Gasteiger partial charge in [-0.3, -0.25) is 9.78 Å². The van der Waals surface area contributed by atoms with Gasteiger partial charge in [0.25, 0.3) is 5.91 Å². The number of aliphatic hydroxyl groups is 1. The van der Waals surface area contributed by atoms with Crippen LogP contribution in [0, 0.1) is 0 Å². The molecule has 0 radical (unpaired) electrons. The molecule has 1 heterocycles. The Labute approximate surface area is 172 Å². The number of fused-ring (bicyclic) bond motifs is 1. The fourth-order valence-electron chi connectivity index (χ4n) is 3.33. The molecule has 7 nitrogen and oxygen atoms in total. The molecule has 0 bridgehead atoms. The largest absolute Gasteiger partial charge is 0.496 e. The Morgan fingerprint density at radius 3 is 2.69 bits per heavy atom. The van der Waals surface area contributed by atoms with Gasteiger partial charge in [-0.25, -0.2) is 0 Å². The molecule has 1 aromatic heterocycles. The van der Waals surface area contributed by atoms with Crippen molar-refractivity contribution in [2.24, 2.45) is 5.73 Å². The summed E-state index contributed by atoms with van der Waals surface area (Å²) in [7, 11) is 1.47. The Kier molecular flexibility index (Phi) is 5.17. The molecule has 4 rings (SSSR count). The van der Waals surface area contributed by atoms with Crippen molar-refractivity contribution in [3.63, 3.8) is 0 Å². The highest BCUT2D eigenvalue weighted by Crippen LogP contribution is 2.36. The molecule has 3 aromatic rings. The average molecular weight is 414 g/mol. The monoisotopic (exact) mass is 413 g/mol. The number of aromatic nitrogens is 1.